The molecule has 3 atom stereocenters. The Labute approximate surface area is 175 Å². The molecule has 13 heteroatoms. The molecule has 1 aliphatic heterocycles. The molecule has 2 rings (SSSR count). The molecule has 1 aromatic heterocycles. The number of ether oxygens (including phenoxy) is 1. The van der Waals surface area contributed by atoms with Gasteiger partial charge in [0.1, 0.15) is 12.3 Å². The summed E-state index contributed by atoms with van der Waals surface area (Å²) in [6.45, 7) is 0.994. The van der Waals surface area contributed by atoms with Crippen LogP contribution >= 0.6 is 7.82 Å². The molecule has 2 radical (unpaired) electrons. The van der Waals surface area contributed by atoms with E-state index < -0.39 is 44.1 Å². The molecule has 2 heterocycles. The van der Waals surface area contributed by atoms with E-state index in [4.69, 9.17) is 14.5 Å². The Morgan fingerprint density at radius 2 is 2.04 bits per heavy atom. The second-order valence-corrected chi connectivity index (χ2v) is 5.94. The molecule has 0 unspecified atom stereocenters. The van der Waals surface area contributed by atoms with Crippen LogP contribution in [0.3, 0.4) is 0 Å². The fourth-order valence-electron chi connectivity index (χ4n) is 2.01. The number of hydrogen-bond donors (Lipinski definition) is 4. The second kappa shape index (κ2) is 9.42. The van der Waals surface area contributed by atoms with Gasteiger partial charge in [0, 0.05) is 77.3 Å². The molecule has 0 saturated carbocycles. The average Bonchev–Trinajstić information content (AvgIpc) is 2.72. The molecule has 1 aromatic rings. The summed E-state index contributed by atoms with van der Waals surface area (Å²) in [6, 6.07) is 0. The number of hydrogen-bond acceptors (Lipinski definition) is 6. The number of nitrogens with zero attached hydrogens (tertiary/aromatic N) is 1. The predicted octanol–water partition coefficient (Wildman–Crippen LogP) is -2.16. The van der Waals surface area contributed by atoms with Crippen LogP contribution in [0.1, 0.15) is 18.2 Å². The maximum Gasteiger partial charge on any atom is 0.469 e. The van der Waals surface area contributed by atoms with Gasteiger partial charge in [-0.3, -0.25) is 18.9 Å². The number of H-pyrrole nitrogens is 1. The van der Waals surface area contributed by atoms with Gasteiger partial charge in [-0.15, -0.1) is 0 Å². The van der Waals surface area contributed by atoms with E-state index in [0.29, 0.717) is 5.56 Å². The zero-order chi connectivity index (χ0) is 15.8. The molecule has 0 bridgehead atoms. The third kappa shape index (κ3) is 6.50. The van der Waals surface area contributed by atoms with Gasteiger partial charge in [-0.25, -0.2) is 9.36 Å². The van der Waals surface area contributed by atoms with Gasteiger partial charge < -0.3 is 19.6 Å². The summed E-state index contributed by atoms with van der Waals surface area (Å²) in [5, 5.41) is 9.79. The number of aliphatic hydroxyl groups is 1. The minimum absolute atomic E-state index is 0. The number of phosphoric ester groups is 1. The van der Waals surface area contributed by atoms with E-state index >= 15 is 0 Å². The molecule has 10 nitrogen and oxygen atoms in total. The Morgan fingerprint density at radius 1 is 1.43 bits per heavy atom. The van der Waals surface area contributed by atoms with Gasteiger partial charge in [0.25, 0.3) is 5.56 Å². The maximum absolute atomic E-state index is 11.7. The van der Waals surface area contributed by atoms with Crippen LogP contribution in [0, 0.1) is 6.92 Å². The van der Waals surface area contributed by atoms with Crippen LogP contribution in [-0.2, 0) is 13.8 Å². The van der Waals surface area contributed by atoms with Gasteiger partial charge in [-0.1, -0.05) is 0 Å². The van der Waals surface area contributed by atoms with Crippen LogP contribution in [0.4, 0.5) is 0 Å². The predicted molar refractivity (Wildman–Crippen MR) is 80.1 cm³/mol. The van der Waals surface area contributed by atoms with E-state index in [2.05, 4.69) is 9.51 Å². The molecular formula is C10H15N2Na2O8P. The van der Waals surface area contributed by atoms with Crippen LogP contribution < -0.4 is 11.2 Å². The largest absolute Gasteiger partial charge is 0.469 e. The minimum atomic E-state index is -4.67. The molecule has 0 spiro atoms. The fourth-order valence-corrected chi connectivity index (χ4v) is 2.35. The van der Waals surface area contributed by atoms with Gasteiger partial charge in [0.2, 0.25) is 0 Å². The van der Waals surface area contributed by atoms with Crippen molar-refractivity contribution in [1.82, 2.24) is 9.55 Å². The summed E-state index contributed by atoms with van der Waals surface area (Å²) in [6.07, 6.45) is -1.57. The number of aromatic amines is 1. The zero-order valence-electron chi connectivity index (χ0n) is 13.0. The van der Waals surface area contributed by atoms with Crippen molar-refractivity contribution in [3.05, 3.63) is 32.6 Å². The Hall–Kier alpha value is 0.710. The standard InChI is InChI=1S/C10H15N2O8P.2Na/c1-5-3-12(10(15)11-9(5)14)8-2-6(13)7(20-8)4-19-21(16,17)18;;/h3,6-8,13H,2,4H2,1H3,(H,11,14,15)(H2,16,17,18);;/t6-,7+,8+;;/m0../s1. The zero-order valence-corrected chi connectivity index (χ0v) is 17.9. The first-order valence-electron chi connectivity index (χ1n) is 6.03. The molecular weight excluding hydrogens is 353 g/mol. The minimum Gasteiger partial charge on any atom is -0.390 e. The molecule has 23 heavy (non-hydrogen) atoms. The number of nitrogens with one attached hydrogen (secondary N) is 1. The Kier molecular flexibility index (Phi) is 9.71. The summed E-state index contributed by atoms with van der Waals surface area (Å²) in [4.78, 5) is 42.3. The first-order chi connectivity index (χ1) is 9.67. The molecule has 120 valence electrons. The van der Waals surface area contributed by atoms with Crippen LogP contribution in [0.5, 0.6) is 0 Å². The summed E-state index contributed by atoms with van der Waals surface area (Å²) < 4.78 is 21.4. The SMILES string of the molecule is Cc1cn([C@H]2C[C@H](O)[C@@H](COP(=O)(O)O)O2)c(=O)[nH]c1=O.[Na].[Na]. The van der Waals surface area contributed by atoms with Crippen molar-refractivity contribution in [3.8, 4) is 0 Å². The number of aromatic nitrogens is 2. The third-order valence-electron chi connectivity index (χ3n) is 3.07. The first-order valence-corrected chi connectivity index (χ1v) is 7.56. The van der Waals surface area contributed by atoms with Gasteiger partial charge in [0.05, 0.1) is 12.7 Å². The van der Waals surface area contributed by atoms with Crippen molar-refractivity contribution in [1.29, 1.82) is 0 Å². The van der Waals surface area contributed by atoms with Crippen molar-refractivity contribution >= 4 is 66.9 Å². The quantitative estimate of drug-likeness (QED) is 0.347. The van der Waals surface area contributed by atoms with E-state index in [1.54, 1.807) is 0 Å². The number of phosphoric acid groups is 1. The molecule has 0 aromatic carbocycles. The summed E-state index contributed by atoms with van der Waals surface area (Å²) in [5.74, 6) is 0. The third-order valence-corrected chi connectivity index (χ3v) is 3.55. The number of aryl methyl sites for hydroxylation is 1. The number of rotatable bonds is 4. The van der Waals surface area contributed by atoms with Gasteiger partial charge in [0.15, 0.2) is 0 Å². The van der Waals surface area contributed by atoms with Gasteiger partial charge in [-0.05, 0) is 6.92 Å². The molecule has 1 fully saturated rings. The topological polar surface area (TPSA) is 151 Å². The van der Waals surface area contributed by atoms with Crippen LogP contribution in [0.2, 0.25) is 0 Å². The van der Waals surface area contributed by atoms with E-state index in [1.165, 1.54) is 13.1 Å². The Morgan fingerprint density at radius 3 is 2.61 bits per heavy atom. The summed E-state index contributed by atoms with van der Waals surface area (Å²) >= 11 is 0. The number of aliphatic hydroxyl groups excluding tert-OH is 1. The van der Waals surface area contributed by atoms with Crippen molar-refractivity contribution in [3.63, 3.8) is 0 Å². The smallest absolute Gasteiger partial charge is 0.390 e. The Balaban J connectivity index is 0.00000242. The molecule has 4 N–H and O–H groups in total. The van der Waals surface area contributed by atoms with Gasteiger partial charge in [-0.2, -0.15) is 0 Å². The summed E-state index contributed by atoms with van der Waals surface area (Å²) in [7, 11) is -4.67. The van der Waals surface area contributed by atoms with E-state index in [0.717, 1.165) is 4.57 Å². The molecule has 1 aliphatic rings. The van der Waals surface area contributed by atoms with E-state index in [-0.39, 0.29) is 65.5 Å². The Bertz CT molecular complexity index is 686. The summed E-state index contributed by atoms with van der Waals surface area (Å²) in [5.41, 5.74) is -0.918. The monoisotopic (exact) mass is 368 g/mol. The van der Waals surface area contributed by atoms with Crippen LogP contribution in [0.15, 0.2) is 15.8 Å². The second-order valence-electron chi connectivity index (χ2n) is 4.70. The van der Waals surface area contributed by atoms with Crippen LogP contribution in [0.25, 0.3) is 0 Å². The van der Waals surface area contributed by atoms with Crippen molar-refractivity contribution < 1.29 is 28.7 Å². The molecule has 0 amide bonds. The van der Waals surface area contributed by atoms with Gasteiger partial charge >= 0.3 is 13.5 Å². The van der Waals surface area contributed by atoms with Crippen molar-refractivity contribution in [2.24, 2.45) is 0 Å². The van der Waals surface area contributed by atoms with E-state index in [1.807, 2.05) is 0 Å². The first kappa shape index (κ1) is 23.7. The van der Waals surface area contributed by atoms with Crippen molar-refractivity contribution in [2.75, 3.05) is 6.61 Å². The van der Waals surface area contributed by atoms with Crippen molar-refractivity contribution in [2.45, 2.75) is 31.8 Å². The van der Waals surface area contributed by atoms with E-state index in [9.17, 15) is 19.3 Å². The molecule has 1 saturated heterocycles. The normalized spacial score (nSPS) is 23.9. The average molecular weight is 368 g/mol. The fraction of sp³-hybridized carbons (Fsp3) is 0.600. The molecule has 0 aliphatic carbocycles. The van der Waals surface area contributed by atoms with Crippen LogP contribution in [-0.4, -0.2) is 102 Å². The maximum atomic E-state index is 11.7.